The fraction of sp³-hybridized carbons (Fsp3) is 0. The van der Waals surface area contributed by atoms with Crippen molar-refractivity contribution in [3.63, 3.8) is 0 Å². The quantitative estimate of drug-likeness (QED) is 0.341. The lowest BCUT2D eigenvalue weighted by Crippen LogP contribution is -2.04. The topological polar surface area (TPSA) is 136 Å². The van der Waals surface area contributed by atoms with E-state index in [2.05, 4.69) is 5.32 Å². The molecule has 2 aromatic rings. The number of para-hydroxylation sites is 1. The Morgan fingerprint density at radius 2 is 1.81 bits per heavy atom. The zero-order valence-electron chi connectivity index (χ0n) is 10.6. The minimum Gasteiger partial charge on any atom is -0.399 e. The lowest BCUT2D eigenvalue weighted by Gasteiger charge is -2.10. The van der Waals surface area contributed by atoms with Gasteiger partial charge < -0.3 is 11.1 Å². The van der Waals surface area contributed by atoms with E-state index in [0.29, 0.717) is 0 Å². The number of anilines is 3. The van der Waals surface area contributed by atoms with Gasteiger partial charge in [0, 0.05) is 11.8 Å². The molecular weight excluding hydrogens is 298 g/mol. The van der Waals surface area contributed by atoms with Crippen molar-refractivity contribution >= 4 is 32.9 Å². The van der Waals surface area contributed by atoms with E-state index in [1.54, 1.807) is 0 Å². The lowest BCUT2D eigenvalue weighted by atomic mass is 10.2. The molecule has 0 atom stereocenters. The Morgan fingerprint density at radius 3 is 2.43 bits per heavy atom. The smallest absolute Gasteiger partial charge is 0.296 e. The summed E-state index contributed by atoms with van der Waals surface area (Å²) in [6.45, 7) is 0. The van der Waals surface area contributed by atoms with Crippen molar-refractivity contribution in [2.45, 2.75) is 4.90 Å². The predicted octanol–water partition coefficient (Wildman–Crippen LogP) is 2.17. The normalized spacial score (nSPS) is 11.1. The van der Waals surface area contributed by atoms with Crippen molar-refractivity contribution in [3.8, 4) is 0 Å². The molecule has 0 bridgehead atoms. The number of nitrogens with two attached hydrogens (primary N) is 1. The molecule has 0 aliphatic carbocycles. The van der Waals surface area contributed by atoms with Gasteiger partial charge in [-0.1, -0.05) is 12.1 Å². The highest BCUT2D eigenvalue weighted by Crippen LogP contribution is 2.31. The van der Waals surface area contributed by atoms with E-state index >= 15 is 0 Å². The highest BCUT2D eigenvalue weighted by atomic mass is 32.2. The van der Waals surface area contributed by atoms with Crippen molar-refractivity contribution in [1.29, 1.82) is 0 Å². The van der Waals surface area contributed by atoms with Crippen LogP contribution >= 0.6 is 0 Å². The van der Waals surface area contributed by atoms with Crippen LogP contribution in [0.1, 0.15) is 0 Å². The highest BCUT2D eigenvalue weighted by molar-refractivity contribution is 7.86. The summed E-state index contributed by atoms with van der Waals surface area (Å²) in [6.07, 6.45) is 0. The van der Waals surface area contributed by atoms with Crippen LogP contribution in [0.3, 0.4) is 0 Å². The summed E-state index contributed by atoms with van der Waals surface area (Å²) in [5.41, 5.74) is 5.47. The fourth-order valence-electron chi connectivity index (χ4n) is 1.75. The van der Waals surface area contributed by atoms with Crippen LogP contribution in [0.2, 0.25) is 0 Å². The first-order valence-electron chi connectivity index (χ1n) is 5.66. The van der Waals surface area contributed by atoms with Crippen LogP contribution in [0.5, 0.6) is 0 Å². The van der Waals surface area contributed by atoms with Crippen LogP contribution in [0, 0.1) is 10.1 Å². The van der Waals surface area contributed by atoms with E-state index < -0.39 is 15.0 Å². The first-order valence-corrected chi connectivity index (χ1v) is 7.10. The number of benzene rings is 2. The number of nitrogens with one attached hydrogen (secondary N) is 1. The molecule has 4 N–H and O–H groups in total. The fourth-order valence-corrected chi connectivity index (χ4v) is 2.39. The molecule has 8 nitrogen and oxygen atoms in total. The minimum atomic E-state index is -4.45. The Labute approximate surface area is 120 Å². The number of rotatable bonds is 4. The van der Waals surface area contributed by atoms with E-state index in [9.17, 15) is 18.5 Å². The summed E-state index contributed by atoms with van der Waals surface area (Å²) < 4.78 is 31.7. The molecule has 0 heterocycles. The molecular formula is C12H11N3O5S. The molecule has 0 unspecified atom stereocenters. The van der Waals surface area contributed by atoms with E-state index in [1.165, 1.54) is 36.4 Å². The molecule has 0 amide bonds. The van der Waals surface area contributed by atoms with Crippen LogP contribution in [0.25, 0.3) is 0 Å². The van der Waals surface area contributed by atoms with Gasteiger partial charge in [-0.2, -0.15) is 8.42 Å². The van der Waals surface area contributed by atoms with Crippen molar-refractivity contribution in [1.82, 2.24) is 0 Å². The summed E-state index contributed by atoms with van der Waals surface area (Å²) in [4.78, 5) is 9.97. The van der Waals surface area contributed by atoms with Gasteiger partial charge in [0.15, 0.2) is 0 Å². The number of nitro groups is 1. The van der Waals surface area contributed by atoms with Crippen LogP contribution in [0.4, 0.5) is 22.7 Å². The molecule has 0 aromatic heterocycles. The third kappa shape index (κ3) is 3.27. The van der Waals surface area contributed by atoms with Crippen LogP contribution in [-0.2, 0) is 10.1 Å². The van der Waals surface area contributed by atoms with Gasteiger partial charge in [-0.05, 0) is 24.3 Å². The molecule has 0 fully saturated rings. The SMILES string of the molecule is Nc1ccc(Nc2ccccc2S(=O)(=O)O)c([N+](=O)[O-])c1. The standard InChI is InChI=1S/C12H11N3O5S/c13-8-5-6-9(11(7-8)15(16)17)14-10-3-1-2-4-12(10)21(18,19)20/h1-7,14H,13H2,(H,18,19,20). The summed E-state index contributed by atoms with van der Waals surface area (Å²) in [6, 6.07) is 9.45. The minimum absolute atomic E-state index is 0.0212. The molecule has 2 aromatic carbocycles. The Balaban J connectivity index is 2.52. The second kappa shape index (κ2) is 5.38. The average Bonchev–Trinajstić information content (AvgIpc) is 2.40. The van der Waals surface area contributed by atoms with Crippen LogP contribution < -0.4 is 11.1 Å². The van der Waals surface area contributed by atoms with E-state index in [0.717, 1.165) is 6.07 Å². The molecule has 0 aliphatic rings. The second-order valence-electron chi connectivity index (χ2n) is 4.13. The molecule has 2 rings (SSSR count). The molecule has 0 saturated heterocycles. The van der Waals surface area contributed by atoms with Crippen molar-refractivity contribution < 1.29 is 17.9 Å². The van der Waals surface area contributed by atoms with Gasteiger partial charge in [0.1, 0.15) is 10.6 Å². The molecule has 0 radical (unpaired) electrons. The zero-order chi connectivity index (χ0) is 15.6. The van der Waals surface area contributed by atoms with E-state index in [1.807, 2.05) is 0 Å². The predicted molar refractivity (Wildman–Crippen MR) is 77.0 cm³/mol. The number of nitrogen functional groups attached to an aromatic ring is 1. The first kappa shape index (κ1) is 14.8. The maximum Gasteiger partial charge on any atom is 0.296 e. The van der Waals surface area contributed by atoms with Gasteiger partial charge >= 0.3 is 0 Å². The van der Waals surface area contributed by atoms with Crippen LogP contribution in [-0.4, -0.2) is 17.9 Å². The summed E-state index contributed by atoms with van der Waals surface area (Å²) in [5.74, 6) is 0. The highest BCUT2D eigenvalue weighted by Gasteiger charge is 2.19. The van der Waals surface area contributed by atoms with Gasteiger partial charge in [-0.15, -0.1) is 0 Å². The maximum atomic E-state index is 11.3. The zero-order valence-corrected chi connectivity index (χ0v) is 11.4. The molecule has 0 aliphatic heterocycles. The van der Waals surface area contributed by atoms with E-state index in [4.69, 9.17) is 10.3 Å². The average molecular weight is 309 g/mol. The Hall–Kier alpha value is -2.65. The Kier molecular flexibility index (Phi) is 3.78. The van der Waals surface area contributed by atoms with Crippen molar-refractivity contribution in [3.05, 3.63) is 52.6 Å². The Bertz CT molecular complexity index is 804. The van der Waals surface area contributed by atoms with Gasteiger partial charge in [0.25, 0.3) is 15.8 Å². The third-order valence-electron chi connectivity index (χ3n) is 2.65. The second-order valence-corrected chi connectivity index (χ2v) is 5.52. The third-order valence-corrected chi connectivity index (χ3v) is 3.56. The van der Waals surface area contributed by atoms with Gasteiger partial charge in [0.05, 0.1) is 10.6 Å². The van der Waals surface area contributed by atoms with Crippen LogP contribution in [0.15, 0.2) is 47.4 Å². The molecule has 9 heteroatoms. The number of nitrogens with zero attached hydrogens (tertiary/aromatic N) is 1. The number of hydrogen-bond donors (Lipinski definition) is 3. The summed E-state index contributed by atoms with van der Waals surface area (Å²) in [7, 11) is -4.45. The number of nitro benzene ring substituents is 1. The van der Waals surface area contributed by atoms with Gasteiger partial charge in [-0.3, -0.25) is 14.7 Å². The van der Waals surface area contributed by atoms with Gasteiger partial charge in [-0.25, -0.2) is 0 Å². The molecule has 0 spiro atoms. The number of hydrogen-bond acceptors (Lipinski definition) is 6. The van der Waals surface area contributed by atoms with Gasteiger partial charge in [0.2, 0.25) is 0 Å². The largest absolute Gasteiger partial charge is 0.399 e. The monoisotopic (exact) mass is 309 g/mol. The summed E-state index contributed by atoms with van der Waals surface area (Å²) in [5, 5.41) is 13.6. The van der Waals surface area contributed by atoms with Crippen molar-refractivity contribution in [2.24, 2.45) is 0 Å². The molecule has 0 saturated carbocycles. The molecule has 21 heavy (non-hydrogen) atoms. The molecule has 110 valence electrons. The first-order chi connectivity index (χ1) is 9.79. The lowest BCUT2D eigenvalue weighted by molar-refractivity contribution is -0.383. The Morgan fingerprint density at radius 1 is 1.14 bits per heavy atom. The summed E-state index contributed by atoms with van der Waals surface area (Å²) >= 11 is 0. The van der Waals surface area contributed by atoms with Crippen molar-refractivity contribution in [2.75, 3.05) is 11.1 Å². The maximum absolute atomic E-state index is 11.3. The van der Waals surface area contributed by atoms with E-state index in [-0.39, 0.29) is 27.6 Å².